The van der Waals surface area contributed by atoms with Gasteiger partial charge in [0.05, 0.1) is 6.04 Å². The van der Waals surface area contributed by atoms with Crippen LogP contribution in [0.25, 0.3) is 72.5 Å². The van der Waals surface area contributed by atoms with Crippen LogP contribution in [0, 0.1) is 0 Å². The minimum absolute atomic E-state index is 0.00626. The average Bonchev–Trinajstić information content (AvgIpc) is 3.35. The van der Waals surface area contributed by atoms with Crippen molar-refractivity contribution in [1.82, 2.24) is 20.6 Å². The van der Waals surface area contributed by atoms with Gasteiger partial charge in [0, 0.05) is 30.5 Å². The Hall–Kier alpha value is -7.66. The Balaban J connectivity index is 1.08. The summed E-state index contributed by atoms with van der Waals surface area (Å²) < 4.78 is 0. The number of pyridine rings is 2. The maximum absolute atomic E-state index is 4.23. The molecule has 9 aromatic rings. The molecule has 4 heteroatoms. The van der Waals surface area contributed by atoms with Crippen molar-refractivity contribution in [2.24, 2.45) is 0 Å². The molecule has 0 fully saturated rings. The van der Waals surface area contributed by atoms with Crippen LogP contribution >= 0.6 is 0 Å². The molecule has 10 rings (SSSR count). The summed E-state index contributed by atoms with van der Waals surface area (Å²) in [5.41, 5.74) is 18.5. The highest BCUT2D eigenvalue weighted by Gasteiger charge is 2.25. The SMILES string of the molecule is C1=C(c2ccccc2)NC(c2cc(-c3cccc(-c4cccc(-c5ccncc5)c4)c3)cc(-c3cccc(-c4cccc(-c5ccncc5)c4)c3)c2)NC1c1ccccc1. The molecule has 2 N–H and O–H groups in total. The first-order valence-corrected chi connectivity index (χ1v) is 20.4. The lowest BCUT2D eigenvalue weighted by atomic mass is 9.91. The second kappa shape index (κ2) is 16.7. The molecule has 1 aliphatic heterocycles. The average molecular weight is 771 g/mol. The highest BCUT2D eigenvalue weighted by Crippen LogP contribution is 2.37. The first-order valence-electron chi connectivity index (χ1n) is 20.4. The van der Waals surface area contributed by atoms with Crippen LogP contribution < -0.4 is 10.6 Å². The minimum Gasteiger partial charge on any atom is -0.366 e. The molecule has 0 saturated heterocycles. The van der Waals surface area contributed by atoms with E-state index in [0.29, 0.717) is 0 Å². The molecular weight excluding hydrogens is 729 g/mol. The summed E-state index contributed by atoms with van der Waals surface area (Å²) in [5.74, 6) is 0. The van der Waals surface area contributed by atoms with Crippen LogP contribution in [0.3, 0.4) is 0 Å². The first kappa shape index (κ1) is 36.7. The fourth-order valence-electron chi connectivity index (χ4n) is 8.22. The molecule has 0 amide bonds. The topological polar surface area (TPSA) is 49.8 Å². The predicted octanol–water partition coefficient (Wildman–Crippen LogP) is 13.5. The summed E-state index contributed by atoms with van der Waals surface area (Å²) >= 11 is 0. The van der Waals surface area contributed by atoms with E-state index in [0.717, 1.165) is 50.2 Å². The first-order chi connectivity index (χ1) is 29.7. The van der Waals surface area contributed by atoms with E-state index in [1.807, 2.05) is 24.8 Å². The third-order valence-electron chi connectivity index (χ3n) is 11.3. The Bertz CT molecular complexity index is 2780. The van der Waals surface area contributed by atoms with Gasteiger partial charge in [0.15, 0.2) is 0 Å². The van der Waals surface area contributed by atoms with Gasteiger partial charge in [-0.15, -0.1) is 0 Å². The largest absolute Gasteiger partial charge is 0.366 e. The zero-order valence-corrected chi connectivity index (χ0v) is 33.0. The van der Waals surface area contributed by atoms with E-state index in [1.165, 1.54) is 38.9 Å². The van der Waals surface area contributed by atoms with Gasteiger partial charge in [-0.2, -0.15) is 0 Å². The van der Waals surface area contributed by atoms with Crippen LogP contribution in [0.2, 0.25) is 0 Å². The molecule has 0 radical (unpaired) electrons. The van der Waals surface area contributed by atoms with Crippen molar-refractivity contribution < 1.29 is 0 Å². The molecule has 3 heterocycles. The number of aromatic nitrogens is 2. The smallest absolute Gasteiger partial charge is 0.104 e. The number of hydrogen-bond acceptors (Lipinski definition) is 4. The van der Waals surface area contributed by atoms with E-state index in [9.17, 15) is 0 Å². The van der Waals surface area contributed by atoms with Gasteiger partial charge in [0.25, 0.3) is 0 Å². The Morgan fingerprint density at radius 2 is 0.667 bits per heavy atom. The second-order valence-corrected chi connectivity index (χ2v) is 15.2. The molecule has 2 aromatic heterocycles. The fraction of sp³-hybridized carbons (Fsp3) is 0.0357. The highest BCUT2D eigenvalue weighted by atomic mass is 15.2. The second-order valence-electron chi connectivity index (χ2n) is 15.2. The summed E-state index contributed by atoms with van der Waals surface area (Å²) in [6, 6.07) is 72.0. The van der Waals surface area contributed by atoms with E-state index in [1.54, 1.807) is 0 Å². The molecule has 4 nitrogen and oxygen atoms in total. The summed E-state index contributed by atoms with van der Waals surface area (Å²) in [6.45, 7) is 0. The van der Waals surface area contributed by atoms with Gasteiger partial charge in [0.1, 0.15) is 6.17 Å². The monoisotopic (exact) mass is 770 g/mol. The van der Waals surface area contributed by atoms with Crippen molar-refractivity contribution in [2.75, 3.05) is 0 Å². The molecule has 0 bridgehead atoms. The molecule has 0 saturated carbocycles. The van der Waals surface area contributed by atoms with Crippen molar-refractivity contribution in [3.63, 3.8) is 0 Å². The summed E-state index contributed by atoms with van der Waals surface area (Å²) in [6.07, 6.45) is 9.52. The van der Waals surface area contributed by atoms with E-state index >= 15 is 0 Å². The zero-order valence-electron chi connectivity index (χ0n) is 33.0. The van der Waals surface area contributed by atoms with E-state index in [4.69, 9.17) is 0 Å². The van der Waals surface area contributed by atoms with Gasteiger partial charge < -0.3 is 5.32 Å². The Labute approximate surface area is 351 Å². The van der Waals surface area contributed by atoms with Gasteiger partial charge >= 0.3 is 0 Å². The van der Waals surface area contributed by atoms with Gasteiger partial charge in [-0.05, 0) is 156 Å². The van der Waals surface area contributed by atoms with Gasteiger partial charge in [0.2, 0.25) is 0 Å². The molecule has 60 heavy (non-hydrogen) atoms. The van der Waals surface area contributed by atoms with Crippen molar-refractivity contribution in [1.29, 1.82) is 0 Å². The maximum atomic E-state index is 4.23. The van der Waals surface area contributed by atoms with E-state index in [2.05, 4.69) is 227 Å². The minimum atomic E-state index is -0.172. The third kappa shape index (κ3) is 7.93. The lowest BCUT2D eigenvalue weighted by Gasteiger charge is -2.33. The van der Waals surface area contributed by atoms with Crippen molar-refractivity contribution in [3.8, 4) is 66.8 Å². The molecule has 7 aromatic carbocycles. The Morgan fingerprint density at radius 3 is 1.12 bits per heavy atom. The van der Waals surface area contributed by atoms with Gasteiger partial charge in [-0.1, -0.05) is 133 Å². The normalized spacial score (nSPS) is 14.8. The van der Waals surface area contributed by atoms with Gasteiger partial charge in [-0.3, -0.25) is 15.3 Å². The summed E-state index contributed by atoms with van der Waals surface area (Å²) in [4.78, 5) is 8.45. The number of rotatable bonds is 9. The number of hydrogen-bond donors (Lipinski definition) is 2. The van der Waals surface area contributed by atoms with Crippen LogP contribution in [0.4, 0.5) is 0 Å². The Morgan fingerprint density at radius 1 is 0.300 bits per heavy atom. The zero-order chi connectivity index (χ0) is 40.1. The van der Waals surface area contributed by atoms with Crippen LogP contribution in [0.5, 0.6) is 0 Å². The van der Waals surface area contributed by atoms with Crippen molar-refractivity contribution in [2.45, 2.75) is 12.2 Å². The van der Waals surface area contributed by atoms with Crippen LogP contribution in [0.1, 0.15) is 28.9 Å². The predicted molar refractivity (Wildman–Crippen MR) is 247 cm³/mol. The van der Waals surface area contributed by atoms with Crippen LogP contribution in [-0.2, 0) is 0 Å². The number of nitrogens with zero attached hydrogens (tertiary/aromatic N) is 2. The molecule has 2 unspecified atom stereocenters. The fourth-order valence-corrected chi connectivity index (χ4v) is 8.22. The lowest BCUT2D eigenvalue weighted by Crippen LogP contribution is -2.39. The van der Waals surface area contributed by atoms with Crippen LogP contribution in [-0.4, -0.2) is 9.97 Å². The van der Waals surface area contributed by atoms with E-state index in [-0.39, 0.29) is 12.2 Å². The van der Waals surface area contributed by atoms with Gasteiger partial charge in [-0.25, -0.2) is 0 Å². The standard InChI is InChI=1S/C56H42N4/c1-3-11-41(12-4-1)54-38-55(42-13-5-2-6-14-42)60-56(59-54)53-36-51(49-21-9-19-47(33-49)45-17-7-15-43(31-45)39-23-27-57-28-24-39)35-52(37-53)50-22-10-20-48(34-50)46-18-8-16-44(32-46)40-25-29-58-30-26-40/h1-38,54,56,59-60H. The maximum Gasteiger partial charge on any atom is 0.104 e. The molecule has 2 atom stereocenters. The molecular formula is C56H42N4. The third-order valence-corrected chi connectivity index (χ3v) is 11.3. The number of nitrogens with one attached hydrogen (secondary N) is 2. The molecule has 0 aliphatic carbocycles. The Kier molecular flexibility index (Phi) is 10.2. The molecule has 0 spiro atoms. The summed E-state index contributed by atoms with van der Waals surface area (Å²) in [7, 11) is 0. The highest BCUT2D eigenvalue weighted by molar-refractivity contribution is 5.82. The quantitative estimate of drug-likeness (QED) is 0.153. The molecule has 286 valence electrons. The van der Waals surface area contributed by atoms with Crippen LogP contribution in [0.15, 0.2) is 231 Å². The summed E-state index contributed by atoms with van der Waals surface area (Å²) in [5, 5.41) is 7.87. The van der Waals surface area contributed by atoms with Crippen molar-refractivity contribution in [3.05, 3.63) is 248 Å². The lowest BCUT2D eigenvalue weighted by molar-refractivity contribution is 0.443. The number of benzene rings is 7. The molecule has 1 aliphatic rings. The van der Waals surface area contributed by atoms with E-state index < -0.39 is 0 Å². The van der Waals surface area contributed by atoms with Crippen molar-refractivity contribution >= 4 is 5.70 Å².